The van der Waals surface area contributed by atoms with Crippen molar-refractivity contribution >= 4 is 8.60 Å². The van der Waals surface area contributed by atoms with Crippen LogP contribution < -0.4 is 4.52 Å². The molecule has 1 N–H and O–H groups in total. The minimum atomic E-state index is -1.88. The third-order valence-corrected chi connectivity index (χ3v) is 5.00. The first kappa shape index (κ1) is 19.9. The minimum Gasteiger partial charge on any atom is -0.427 e. The third kappa shape index (κ3) is 6.78. The van der Waals surface area contributed by atoms with Gasteiger partial charge in [0, 0.05) is 0 Å². The van der Waals surface area contributed by atoms with E-state index in [-0.39, 0.29) is 0 Å². The van der Waals surface area contributed by atoms with Crippen LogP contribution in [0.15, 0.2) is 48.5 Å². The predicted molar refractivity (Wildman–Crippen MR) is 106 cm³/mol. The van der Waals surface area contributed by atoms with Crippen molar-refractivity contribution in [1.82, 2.24) is 0 Å². The lowest BCUT2D eigenvalue weighted by atomic mass is 10.0. The van der Waals surface area contributed by atoms with Crippen LogP contribution in [-0.2, 0) is 4.52 Å². The Kier molecular flexibility index (Phi) is 8.96. The lowest BCUT2D eigenvalue weighted by molar-refractivity contribution is 0.253. The highest BCUT2D eigenvalue weighted by Gasteiger charge is 2.13. The Morgan fingerprint density at radius 3 is 2.36 bits per heavy atom. The molecule has 0 fully saturated rings. The van der Waals surface area contributed by atoms with E-state index >= 15 is 0 Å². The monoisotopic (exact) mass is 360 g/mol. The molecule has 136 valence electrons. The van der Waals surface area contributed by atoms with E-state index in [4.69, 9.17) is 9.05 Å². The number of rotatable bonds is 11. The largest absolute Gasteiger partial charge is 0.427 e. The number of hydrogen-bond acceptors (Lipinski definition) is 3. The van der Waals surface area contributed by atoms with Crippen molar-refractivity contribution < 1.29 is 13.9 Å². The van der Waals surface area contributed by atoms with Crippen molar-refractivity contribution in [3.8, 4) is 16.9 Å². The van der Waals surface area contributed by atoms with E-state index in [0.717, 1.165) is 29.5 Å². The summed E-state index contributed by atoms with van der Waals surface area (Å²) in [4.78, 5) is 10.0. The standard InChI is InChI=1S/C21H29O3P/c1-3-4-5-6-7-11-17-23-25(22)24-21-16-12-15-20(18(21)2)19-13-9-8-10-14-19/h8-10,12-16,22H,3-7,11,17H2,1-2H3. The molecule has 2 aromatic carbocycles. The highest BCUT2D eigenvalue weighted by Crippen LogP contribution is 2.39. The lowest BCUT2D eigenvalue weighted by Crippen LogP contribution is -1.97. The first-order valence-corrected chi connectivity index (χ1v) is 10.3. The van der Waals surface area contributed by atoms with Crippen LogP contribution in [0.1, 0.15) is 51.0 Å². The molecule has 0 spiro atoms. The van der Waals surface area contributed by atoms with Gasteiger partial charge in [0.1, 0.15) is 5.75 Å². The minimum absolute atomic E-state index is 0.547. The van der Waals surface area contributed by atoms with Gasteiger partial charge in [0.15, 0.2) is 0 Å². The van der Waals surface area contributed by atoms with Gasteiger partial charge in [0.05, 0.1) is 6.61 Å². The molecule has 1 unspecified atom stereocenters. The van der Waals surface area contributed by atoms with Crippen molar-refractivity contribution in [2.45, 2.75) is 52.4 Å². The zero-order valence-electron chi connectivity index (χ0n) is 15.3. The maximum absolute atomic E-state index is 10.0. The number of benzene rings is 2. The average molecular weight is 360 g/mol. The van der Waals surface area contributed by atoms with Gasteiger partial charge in [-0.1, -0.05) is 81.5 Å². The van der Waals surface area contributed by atoms with Gasteiger partial charge in [0.2, 0.25) is 0 Å². The molecule has 2 aromatic rings. The van der Waals surface area contributed by atoms with Crippen LogP contribution in [0, 0.1) is 6.92 Å². The Bertz CT molecular complexity index is 616. The van der Waals surface area contributed by atoms with Crippen LogP contribution in [0.2, 0.25) is 0 Å². The molecule has 0 radical (unpaired) electrons. The van der Waals surface area contributed by atoms with E-state index in [0.29, 0.717) is 12.4 Å². The van der Waals surface area contributed by atoms with Crippen molar-refractivity contribution in [3.63, 3.8) is 0 Å². The second-order valence-electron chi connectivity index (χ2n) is 6.22. The van der Waals surface area contributed by atoms with Crippen LogP contribution in [0.3, 0.4) is 0 Å². The van der Waals surface area contributed by atoms with E-state index in [1.54, 1.807) is 0 Å². The summed E-state index contributed by atoms with van der Waals surface area (Å²) < 4.78 is 11.1. The fourth-order valence-corrected chi connectivity index (χ4v) is 3.48. The molecular weight excluding hydrogens is 331 g/mol. The average Bonchev–Trinajstić information content (AvgIpc) is 2.63. The number of unbranched alkanes of at least 4 members (excludes halogenated alkanes) is 5. The molecule has 0 aliphatic rings. The molecule has 1 atom stereocenters. The van der Waals surface area contributed by atoms with Gasteiger partial charge >= 0.3 is 8.60 Å². The second-order valence-corrected chi connectivity index (χ2v) is 7.14. The molecule has 3 nitrogen and oxygen atoms in total. The van der Waals surface area contributed by atoms with Gasteiger partial charge in [0.25, 0.3) is 0 Å². The maximum Gasteiger partial charge on any atom is 0.394 e. The van der Waals surface area contributed by atoms with Crippen LogP contribution in [0.5, 0.6) is 5.75 Å². The fraction of sp³-hybridized carbons (Fsp3) is 0.429. The molecule has 0 saturated heterocycles. The van der Waals surface area contributed by atoms with Gasteiger partial charge in [-0.25, -0.2) is 0 Å². The van der Waals surface area contributed by atoms with Gasteiger partial charge in [-0.05, 0) is 36.1 Å². The summed E-state index contributed by atoms with van der Waals surface area (Å²) in [5.74, 6) is 0.679. The smallest absolute Gasteiger partial charge is 0.394 e. The molecule has 0 bridgehead atoms. The summed E-state index contributed by atoms with van der Waals surface area (Å²) in [6, 6.07) is 16.1. The van der Waals surface area contributed by atoms with Crippen LogP contribution >= 0.6 is 8.60 Å². The Hall–Kier alpha value is -1.41. The highest BCUT2D eigenvalue weighted by molar-refractivity contribution is 7.41. The summed E-state index contributed by atoms with van der Waals surface area (Å²) in [5.41, 5.74) is 3.26. The molecule has 25 heavy (non-hydrogen) atoms. The van der Waals surface area contributed by atoms with Gasteiger partial charge < -0.3 is 13.9 Å². The van der Waals surface area contributed by atoms with E-state index in [1.165, 1.54) is 25.7 Å². The van der Waals surface area contributed by atoms with Gasteiger partial charge in [-0.3, -0.25) is 0 Å². The van der Waals surface area contributed by atoms with Crippen molar-refractivity contribution in [2.75, 3.05) is 6.61 Å². The summed E-state index contributed by atoms with van der Waals surface area (Å²) >= 11 is 0. The Balaban J connectivity index is 1.82. The van der Waals surface area contributed by atoms with Crippen molar-refractivity contribution in [2.24, 2.45) is 0 Å². The zero-order valence-corrected chi connectivity index (χ0v) is 16.2. The predicted octanol–water partition coefficient (Wildman–Crippen LogP) is 6.64. The molecule has 0 amide bonds. The van der Waals surface area contributed by atoms with E-state index in [1.807, 2.05) is 37.3 Å². The Labute approximate surface area is 153 Å². The third-order valence-electron chi connectivity index (χ3n) is 4.24. The molecule has 0 aromatic heterocycles. The van der Waals surface area contributed by atoms with Crippen molar-refractivity contribution in [1.29, 1.82) is 0 Å². The molecule has 0 aliphatic carbocycles. The van der Waals surface area contributed by atoms with E-state index in [2.05, 4.69) is 25.1 Å². The quantitative estimate of drug-likeness (QED) is 0.361. The van der Waals surface area contributed by atoms with Crippen LogP contribution in [0.4, 0.5) is 0 Å². The van der Waals surface area contributed by atoms with Gasteiger partial charge in [-0.2, -0.15) is 0 Å². The van der Waals surface area contributed by atoms with E-state index in [9.17, 15) is 4.89 Å². The SMILES string of the molecule is CCCCCCCCOP(O)Oc1cccc(-c2ccccc2)c1C. The summed E-state index contributed by atoms with van der Waals surface area (Å²) in [7, 11) is -1.88. The zero-order chi connectivity index (χ0) is 17.9. The molecular formula is C21H29O3P. The topological polar surface area (TPSA) is 38.7 Å². The van der Waals surface area contributed by atoms with E-state index < -0.39 is 8.60 Å². The first-order chi connectivity index (χ1) is 12.2. The second kappa shape index (κ2) is 11.3. The molecule has 0 saturated carbocycles. The molecule has 4 heteroatoms. The van der Waals surface area contributed by atoms with Crippen molar-refractivity contribution in [3.05, 3.63) is 54.1 Å². The summed E-state index contributed by atoms with van der Waals surface area (Å²) in [6.45, 7) is 4.77. The summed E-state index contributed by atoms with van der Waals surface area (Å²) in [5, 5.41) is 0. The summed E-state index contributed by atoms with van der Waals surface area (Å²) in [6.07, 6.45) is 7.19. The highest BCUT2D eigenvalue weighted by atomic mass is 31.2. The molecule has 2 rings (SSSR count). The number of hydrogen-bond donors (Lipinski definition) is 1. The lowest BCUT2D eigenvalue weighted by Gasteiger charge is -2.15. The fourth-order valence-electron chi connectivity index (χ4n) is 2.78. The van der Waals surface area contributed by atoms with Crippen LogP contribution in [0.25, 0.3) is 11.1 Å². The van der Waals surface area contributed by atoms with Crippen LogP contribution in [-0.4, -0.2) is 11.5 Å². The van der Waals surface area contributed by atoms with Gasteiger partial charge in [-0.15, -0.1) is 0 Å². The molecule has 0 aliphatic heterocycles. The Morgan fingerprint density at radius 2 is 1.60 bits per heavy atom. The first-order valence-electron chi connectivity index (χ1n) is 9.17. The Morgan fingerprint density at radius 1 is 0.880 bits per heavy atom. The maximum atomic E-state index is 10.0. The normalized spacial score (nSPS) is 12.1. The molecule has 0 heterocycles.